The second kappa shape index (κ2) is 9.40. The van der Waals surface area contributed by atoms with Gasteiger partial charge in [0.25, 0.3) is 0 Å². The van der Waals surface area contributed by atoms with Crippen LogP contribution < -0.4 is 4.74 Å². The van der Waals surface area contributed by atoms with E-state index in [1.807, 2.05) is 26.0 Å². The molecule has 0 radical (unpaired) electrons. The van der Waals surface area contributed by atoms with Crippen LogP contribution >= 0.6 is 0 Å². The van der Waals surface area contributed by atoms with E-state index in [1.54, 1.807) is 0 Å². The fraction of sp³-hybridized carbons (Fsp3) is 0.588. The van der Waals surface area contributed by atoms with Gasteiger partial charge in [0.15, 0.2) is 6.10 Å². The largest absolute Gasteiger partial charge is 0.479 e. The summed E-state index contributed by atoms with van der Waals surface area (Å²) in [4.78, 5) is 11.8. The van der Waals surface area contributed by atoms with E-state index >= 15 is 0 Å². The third kappa shape index (κ3) is 5.64. The summed E-state index contributed by atoms with van der Waals surface area (Å²) in [5.41, 5.74) is 1.31. The van der Waals surface area contributed by atoms with Gasteiger partial charge in [-0.3, -0.25) is 0 Å². The molecule has 0 N–H and O–H groups in total. The van der Waals surface area contributed by atoms with Crippen LogP contribution in [0, 0.1) is 0 Å². The first kappa shape index (κ1) is 16.5. The van der Waals surface area contributed by atoms with Crippen LogP contribution in [0.3, 0.4) is 0 Å². The highest BCUT2D eigenvalue weighted by molar-refractivity contribution is 5.75. The Morgan fingerprint density at radius 1 is 1.10 bits per heavy atom. The van der Waals surface area contributed by atoms with Crippen LogP contribution in [0.25, 0.3) is 0 Å². The number of hydrogen-bond donors (Lipinski definition) is 0. The van der Waals surface area contributed by atoms with Crippen molar-refractivity contribution >= 4 is 5.97 Å². The Balaban J connectivity index is 2.61. The van der Waals surface area contributed by atoms with Crippen LogP contribution in [0.2, 0.25) is 0 Å². The number of rotatable bonds is 9. The lowest BCUT2D eigenvalue weighted by Crippen LogP contribution is -2.29. The molecule has 0 aromatic heterocycles. The number of ether oxygens (including phenoxy) is 2. The van der Waals surface area contributed by atoms with Gasteiger partial charge in [0.05, 0.1) is 6.61 Å². The van der Waals surface area contributed by atoms with Crippen molar-refractivity contribution in [3.05, 3.63) is 29.8 Å². The molecule has 0 spiro atoms. The van der Waals surface area contributed by atoms with Crippen LogP contribution in [0.15, 0.2) is 24.3 Å². The highest BCUT2D eigenvalue weighted by Crippen LogP contribution is 2.17. The fourth-order valence-electron chi connectivity index (χ4n) is 2.00. The van der Waals surface area contributed by atoms with Gasteiger partial charge in [-0.2, -0.15) is 0 Å². The molecule has 0 aliphatic rings. The number of esters is 1. The summed E-state index contributed by atoms with van der Waals surface area (Å²) < 4.78 is 10.8. The second-order valence-corrected chi connectivity index (χ2v) is 4.89. The quantitative estimate of drug-likeness (QED) is 0.637. The van der Waals surface area contributed by atoms with Gasteiger partial charge in [0, 0.05) is 0 Å². The molecule has 0 aliphatic heterocycles. The van der Waals surface area contributed by atoms with E-state index in [9.17, 15) is 4.79 Å². The minimum Gasteiger partial charge on any atom is -0.479 e. The molecular formula is C17H26O3. The molecular weight excluding hydrogens is 252 g/mol. The zero-order chi connectivity index (χ0) is 14.8. The van der Waals surface area contributed by atoms with Gasteiger partial charge < -0.3 is 9.47 Å². The molecule has 0 fully saturated rings. The maximum Gasteiger partial charge on any atom is 0.347 e. The molecule has 0 saturated heterocycles. The molecule has 0 amide bonds. The smallest absolute Gasteiger partial charge is 0.347 e. The minimum atomic E-state index is -0.499. The zero-order valence-corrected chi connectivity index (χ0v) is 12.9. The van der Waals surface area contributed by atoms with Gasteiger partial charge in [-0.05, 0) is 43.9 Å². The van der Waals surface area contributed by atoms with E-state index in [2.05, 4.69) is 19.1 Å². The van der Waals surface area contributed by atoms with Crippen LogP contribution in [0.4, 0.5) is 0 Å². The topological polar surface area (TPSA) is 35.5 Å². The first-order valence-electron chi connectivity index (χ1n) is 7.63. The van der Waals surface area contributed by atoms with Crippen molar-refractivity contribution in [3.8, 4) is 5.75 Å². The van der Waals surface area contributed by atoms with Crippen molar-refractivity contribution in [1.29, 1.82) is 0 Å². The summed E-state index contributed by atoms with van der Waals surface area (Å²) in [6, 6.07) is 8.01. The Morgan fingerprint density at radius 3 is 2.35 bits per heavy atom. The lowest BCUT2D eigenvalue weighted by Gasteiger charge is -2.17. The third-order valence-corrected chi connectivity index (χ3v) is 3.12. The third-order valence-electron chi connectivity index (χ3n) is 3.12. The van der Waals surface area contributed by atoms with E-state index < -0.39 is 6.10 Å². The summed E-state index contributed by atoms with van der Waals surface area (Å²) >= 11 is 0. The molecule has 1 aromatic rings. The Labute approximate surface area is 122 Å². The highest BCUT2D eigenvalue weighted by atomic mass is 16.6. The molecule has 112 valence electrons. The first-order chi connectivity index (χ1) is 9.71. The molecule has 3 nitrogen and oxygen atoms in total. The number of unbranched alkanes of at least 4 members (excludes halogenated alkanes) is 1. The Morgan fingerprint density at radius 2 is 1.80 bits per heavy atom. The fourth-order valence-corrected chi connectivity index (χ4v) is 2.00. The van der Waals surface area contributed by atoms with Gasteiger partial charge >= 0.3 is 5.97 Å². The molecule has 0 heterocycles. The first-order valence-corrected chi connectivity index (χ1v) is 7.63. The summed E-state index contributed by atoms with van der Waals surface area (Å²) in [5, 5.41) is 0. The number of carbonyl (C=O) groups is 1. The van der Waals surface area contributed by atoms with E-state index in [1.165, 1.54) is 18.4 Å². The average molecular weight is 278 g/mol. The van der Waals surface area contributed by atoms with E-state index in [0.717, 1.165) is 18.6 Å². The van der Waals surface area contributed by atoms with Crippen molar-refractivity contribution in [2.24, 2.45) is 0 Å². The lowest BCUT2D eigenvalue weighted by molar-refractivity contribution is -0.151. The molecule has 3 heteroatoms. The SMILES string of the molecule is CCCCc1ccc(OC(CCC)C(=O)OCC)cc1. The van der Waals surface area contributed by atoms with Crippen LogP contribution in [-0.4, -0.2) is 18.7 Å². The van der Waals surface area contributed by atoms with Crippen molar-refractivity contribution in [2.45, 2.75) is 59.0 Å². The number of aryl methyl sites for hydroxylation is 1. The highest BCUT2D eigenvalue weighted by Gasteiger charge is 2.20. The standard InChI is InChI=1S/C17H26O3/c1-4-7-9-14-10-12-15(13-11-14)20-16(8-5-2)17(18)19-6-3/h10-13,16H,4-9H2,1-3H3. The number of hydrogen-bond acceptors (Lipinski definition) is 3. The molecule has 1 atom stereocenters. The molecule has 1 aromatic carbocycles. The van der Waals surface area contributed by atoms with Crippen molar-refractivity contribution in [3.63, 3.8) is 0 Å². The van der Waals surface area contributed by atoms with Gasteiger partial charge in [0.2, 0.25) is 0 Å². The predicted molar refractivity (Wildman–Crippen MR) is 81.0 cm³/mol. The minimum absolute atomic E-state index is 0.274. The van der Waals surface area contributed by atoms with Crippen molar-refractivity contribution in [1.82, 2.24) is 0 Å². The normalized spacial score (nSPS) is 11.9. The number of benzene rings is 1. The molecule has 0 saturated carbocycles. The predicted octanol–water partition coefficient (Wildman–Crippen LogP) is 4.14. The van der Waals surface area contributed by atoms with Crippen molar-refractivity contribution < 1.29 is 14.3 Å². The lowest BCUT2D eigenvalue weighted by atomic mass is 10.1. The maximum absolute atomic E-state index is 11.8. The Bertz CT molecular complexity index is 384. The van der Waals surface area contributed by atoms with Gasteiger partial charge in [-0.25, -0.2) is 4.79 Å². The Kier molecular flexibility index (Phi) is 7.78. The summed E-state index contributed by atoms with van der Waals surface area (Å²) in [5.74, 6) is 0.459. The van der Waals surface area contributed by atoms with Crippen molar-refractivity contribution in [2.75, 3.05) is 6.61 Å². The average Bonchev–Trinajstić information content (AvgIpc) is 2.46. The zero-order valence-electron chi connectivity index (χ0n) is 12.9. The van der Waals surface area contributed by atoms with Gasteiger partial charge in [-0.15, -0.1) is 0 Å². The summed E-state index contributed by atoms with van der Waals surface area (Å²) in [6.07, 6.45) is 4.55. The van der Waals surface area contributed by atoms with E-state index in [4.69, 9.17) is 9.47 Å². The van der Waals surface area contributed by atoms with Crippen LogP contribution in [-0.2, 0) is 16.0 Å². The Hall–Kier alpha value is -1.51. The summed E-state index contributed by atoms with van der Waals surface area (Å²) in [7, 11) is 0. The maximum atomic E-state index is 11.8. The van der Waals surface area contributed by atoms with Gasteiger partial charge in [0.1, 0.15) is 5.75 Å². The molecule has 20 heavy (non-hydrogen) atoms. The molecule has 0 aliphatic carbocycles. The van der Waals surface area contributed by atoms with E-state index in [-0.39, 0.29) is 5.97 Å². The van der Waals surface area contributed by atoms with Crippen LogP contribution in [0.5, 0.6) is 5.75 Å². The summed E-state index contributed by atoms with van der Waals surface area (Å²) in [6.45, 7) is 6.41. The van der Waals surface area contributed by atoms with E-state index in [0.29, 0.717) is 13.0 Å². The molecule has 1 rings (SSSR count). The molecule has 0 bridgehead atoms. The monoisotopic (exact) mass is 278 g/mol. The van der Waals surface area contributed by atoms with Crippen LogP contribution in [0.1, 0.15) is 52.0 Å². The number of carbonyl (C=O) groups excluding carboxylic acids is 1. The second-order valence-electron chi connectivity index (χ2n) is 4.89. The molecule has 1 unspecified atom stereocenters. The van der Waals surface area contributed by atoms with Gasteiger partial charge in [-0.1, -0.05) is 38.8 Å².